The largest absolute Gasteiger partial charge is 0.329 e. The van der Waals surface area contributed by atoms with Crippen LogP contribution in [0, 0.1) is 0 Å². The molecule has 2 unspecified atom stereocenters. The molecule has 2 heterocycles. The van der Waals surface area contributed by atoms with Gasteiger partial charge in [-0.15, -0.1) is 0 Å². The molecular weight excluding hydrogens is 238 g/mol. The minimum Gasteiger partial charge on any atom is -0.329 e. The second kappa shape index (κ2) is 6.50. The molecule has 0 aromatic carbocycles. The third-order valence-electron chi connectivity index (χ3n) is 4.23. The predicted octanol–water partition coefficient (Wildman–Crippen LogP) is 0.929. The summed E-state index contributed by atoms with van der Waals surface area (Å²) in [5.41, 5.74) is 7.26. The summed E-state index contributed by atoms with van der Waals surface area (Å²) in [6, 6.07) is 0.913. The second-order valence-electron chi connectivity index (χ2n) is 5.35. The highest BCUT2D eigenvalue weighted by Gasteiger charge is 2.28. The molecule has 0 spiro atoms. The van der Waals surface area contributed by atoms with Gasteiger partial charge in [-0.1, -0.05) is 6.92 Å². The highest BCUT2D eigenvalue weighted by Crippen LogP contribution is 2.22. The van der Waals surface area contributed by atoms with E-state index in [2.05, 4.69) is 41.9 Å². The van der Waals surface area contributed by atoms with Crippen molar-refractivity contribution in [3.8, 4) is 0 Å². The highest BCUT2D eigenvalue weighted by molar-refractivity contribution is 5.12. The number of nitrogens with zero attached hydrogens (tertiary/aromatic N) is 4. The van der Waals surface area contributed by atoms with Crippen LogP contribution in [0.1, 0.15) is 32.4 Å². The van der Waals surface area contributed by atoms with Crippen LogP contribution in [0.2, 0.25) is 0 Å². The lowest BCUT2D eigenvalue weighted by Crippen LogP contribution is -2.53. The topological polar surface area (TPSA) is 50.3 Å². The van der Waals surface area contributed by atoms with Crippen molar-refractivity contribution in [1.29, 1.82) is 0 Å². The molecule has 2 N–H and O–H groups in total. The summed E-state index contributed by atoms with van der Waals surface area (Å²) in [7, 11) is 0. The summed E-state index contributed by atoms with van der Waals surface area (Å²) in [6.45, 7) is 12.7. The average molecular weight is 265 g/mol. The van der Waals surface area contributed by atoms with Gasteiger partial charge in [0.05, 0.1) is 12.2 Å². The molecule has 2 rings (SSSR count). The first-order valence-electron chi connectivity index (χ1n) is 7.40. The van der Waals surface area contributed by atoms with Gasteiger partial charge >= 0.3 is 0 Å². The van der Waals surface area contributed by atoms with E-state index in [1.807, 2.05) is 10.9 Å². The van der Waals surface area contributed by atoms with Gasteiger partial charge in [-0.05, 0) is 20.4 Å². The van der Waals surface area contributed by atoms with Gasteiger partial charge in [0.15, 0.2) is 0 Å². The first-order chi connectivity index (χ1) is 9.19. The maximum atomic E-state index is 6.01. The summed E-state index contributed by atoms with van der Waals surface area (Å²) >= 11 is 0. The number of likely N-dealkylation sites (N-methyl/N-ethyl adjacent to an activating group) is 1. The van der Waals surface area contributed by atoms with Crippen molar-refractivity contribution < 1.29 is 0 Å². The van der Waals surface area contributed by atoms with Gasteiger partial charge in [0, 0.05) is 50.5 Å². The molecule has 1 aliphatic heterocycles. The Bertz CT molecular complexity index is 389. The number of rotatable bonds is 5. The summed E-state index contributed by atoms with van der Waals surface area (Å²) in [5.74, 6) is 0. The van der Waals surface area contributed by atoms with Crippen LogP contribution in [0.5, 0.6) is 0 Å². The first-order valence-corrected chi connectivity index (χ1v) is 7.40. The molecule has 5 nitrogen and oxygen atoms in total. The Kier molecular flexibility index (Phi) is 4.96. The van der Waals surface area contributed by atoms with Crippen molar-refractivity contribution in [2.24, 2.45) is 5.73 Å². The maximum absolute atomic E-state index is 6.01. The minimum atomic E-state index is 0.307. The van der Waals surface area contributed by atoms with Crippen LogP contribution in [-0.2, 0) is 6.54 Å². The fourth-order valence-corrected chi connectivity index (χ4v) is 3.00. The van der Waals surface area contributed by atoms with Crippen LogP contribution in [0.3, 0.4) is 0 Å². The average Bonchev–Trinajstić information content (AvgIpc) is 2.88. The Hall–Kier alpha value is -0.910. The molecule has 0 radical (unpaired) electrons. The highest BCUT2D eigenvalue weighted by atomic mass is 15.3. The Labute approximate surface area is 116 Å². The molecule has 1 aromatic heterocycles. The lowest BCUT2D eigenvalue weighted by atomic mass is 10.1. The van der Waals surface area contributed by atoms with Crippen LogP contribution >= 0.6 is 0 Å². The van der Waals surface area contributed by atoms with Crippen molar-refractivity contribution in [3.05, 3.63) is 18.0 Å². The van der Waals surface area contributed by atoms with E-state index in [0.717, 1.165) is 32.7 Å². The van der Waals surface area contributed by atoms with E-state index in [-0.39, 0.29) is 0 Å². The van der Waals surface area contributed by atoms with Gasteiger partial charge in [0.25, 0.3) is 0 Å². The standard InChI is InChI=1S/C14H27N5/c1-4-17-6-7-18(10-12(17)3)14(8-15)13-9-16-19(5-2)11-13/h9,11-12,14H,4-8,10,15H2,1-3H3. The van der Waals surface area contributed by atoms with Gasteiger partial charge in [-0.3, -0.25) is 14.5 Å². The third-order valence-corrected chi connectivity index (χ3v) is 4.23. The lowest BCUT2D eigenvalue weighted by Gasteiger charge is -2.42. The quantitative estimate of drug-likeness (QED) is 0.860. The molecule has 0 aliphatic carbocycles. The number of hydrogen-bond acceptors (Lipinski definition) is 4. The molecule has 0 bridgehead atoms. The summed E-state index contributed by atoms with van der Waals surface area (Å²) in [5, 5.41) is 4.37. The van der Waals surface area contributed by atoms with Crippen LogP contribution in [0.4, 0.5) is 0 Å². The Morgan fingerprint density at radius 1 is 1.37 bits per heavy atom. The smallest absolute Gasteiger partial charge is 0.0538 e. The van der Waals surface area contributed by atoms with Crippen LogP contribution in [-0.4, -0.2) is 58.3 Å². The van der Waals surface area contributed by atoms with Gasteiger partial charge in [0.1, 0.15) is 0 Å². The molecule has 1 aromatic rings. The van der Waals surface area contributed by atoms with Crippen LogP contribution in [0.25, 0.3) is 0 Å². The maximum Gasteiger partial charge on any atom is 0.0538 e. The van der Waals surface area contributed by atoms with Crippen molar-refractivity contribution in [1.82, 2.24) is 19.6 Å². The number of aryl methyl sites for hydroxylation is 1. The molecule has 1 aliphatic rings. The Balaban J connectivity index is 2.06. The number of nitrogens with two attached hydrogens (primary N) is 1. The van der Waals surface area contributed by atoms with Gasteiger partial charge in [0.2, 0.25) is 0 Å². The van der Waals surface area contributed by atoms with E-state index in [1.165, 1.54) is 5.56 Å². The molecule has 2 atom stereocenters. The molecule has 1 fully saturated rings. The second-order valence-corrected chi connectivity index (χ2v) is 5.35. The molecule has 1 saturated heterocycles. The van der Waals surface area contributed by atoms with E-state index in [1.54, 1.807) is 0 Å². The molecule has 0 amide bonds. The van der Waals surface area contributed by atoms with Crippen molar-refractivity contribution in [2.45, 2.75) is 39.4 Å². The Morgan fingerprint density at radius 2 is 2.16 bits per heavy atom. The van der Waals surface area contributed by atoms with Gasteiger partial charge in [-0.25, -0.2) is 0 Å². The Morgan fingerprint density at radius 3 is 2.68 bits per heavy atom. The molecular formula is C14H27N5. The van der Waals surface area contributed by atoms with E-state index in [0.29, 0.717) is 18.6 Å². The van der Waals surface area contributed by atoms with E-state index in [9.17, 15) is 0 Å². The van der Waals surface area contributed by atoms with Gasteiger partial charge < -0.3 is 5.73 Å². The molecule has 19 heavy (non-hydrogen) atoms. The first kappa shape index (κ1) is 14.5. The zero-order chi connectivity index (χ0) is 13.8. The van der Waals surface area contributed by atoms with E-state index >= 15 is 0 Å². The summed E-state index contributed by atoms with van der Waals surface area (Å²) in [6.07, 6.45) is 4.10. The third kappa shape index (κ3) is 3.16. The molecule has 0 saturated carbocycles. The fourth-order valence-electron chi connectivity index (χ4n) is 3.00. The van der Waals surface area contributed by atoms with E-state index < -0.39 is 0 Å². The van der Waals surface area contributed by atoms with Crippen LogP contribution in [0.15, 0.2) is 12.4 Å². The van der Waals surface area contributed by atoms with Crippen LogP contribution < -0.4 is 5.73 Å². The molecule has 5 heteroatoms. The minimum absolute atomic E-state index is 0.307. The number of piperazine rings is 1. The monoisotopic (exact) mass is 265 g/mol. The van der Waals surface area contributed by atoms with Gasteiger partial charge in [-0.2, -0.15) is 5.10 Å². The lowest BCUT2D eigenvalue weighted by molar-refractivity contribution is 0.0606. The SMILES string of the molecule is CCN1CCN(C(CN)c2cnn(CC)c2)CC1C. The van der Waals surface area contributed by atoms with E-state index in [4.69, 9.17) is 5.73 Å². The number of hydrogen-bond donors (Lipinski definition) is 1. The summed E-state index contributed by atoms with van der Waals surface area (Å²) in [4.78, 5) is 5.04. The van der Waals surface area contributed by atoms with Crippen molar-refractivity contribution in [3.63, 3.8) is 0 Å². The summed E-state index contributed by atoms with van der Waals surface area (Å²) < 4.78 is 1.98. The van der Waals surface area contributed by atoms with Crippen molar-refractivity contribution >= 4 is 0 Å². The zero-order valence-corrected chi connectivity index (χ0v) is 12.4. The number of aromatic nitrogens is 2. The predicted molar refractivity (Wildman–Crippen MR) is 78.0 cm³/mol. The van der Waals surface area contributed by atoms with Crippen molar-refractivity contribution in [2.75, 3.05) is 32.7 Å². The zero-order valence-electron chi connectivity index (χ0n) is 12.4. The fraction of sp³-hybridized carbons (Fsp3) is 0.786. The molecule has 108 valence electrons. The normalized spacial score (nSPS) is 23.7.